The second-order valence-corrected chi connectivity index (χ2v) is 11.5. The van der Waals surface area contributed by atoms with Gasteiger partial charge in [0.1, 0.15) is 11.8 Å². The van der Waals surface area contributed by atoms with E-state index in [0.717, 1.165) is 43.3 Å². The third-order valence-electron chi connectivity index (χ3n) is 6.80. The minimum absolute atomic E-state index is 0.127. The maximum absolute atomic E-state index is 13.5. The Bertz CT molecular complexity index is 1120. The van der Waals surface area contributed by atoms with Gasteiger partial charge in [-0.15, -0.1) is 0 Å². The maximum atomic E-state index is 13.5. The molecule has 1 aliphatic rings. The van der Waals surface area contributed by atoms with Gasteiger partial charge in [-0.2, -0.15) is 0 Å². The van der Waals surface area contributed by atoms with E-state index in [1.165, 1.54) is 4.31 Å². The average Bonchev–Trinajstić information content (AvgIpc) is 3.39. The van der Waals surface area contributed by atoms with Crippen molar-refractivity contribution in [1.82, 2.24) is 10.2 Å². The molecule has 8 nitrogen and oxygen atoms in total. The van der Waals surface area contributed by atoms with Crippen LogP contribution in [0.5, 0.6) is 5.75 Å². The summed E-state index contributed by atoms with van der Waals surface area (Å²) in [5.41, 5.74) is 1.46. The van der Waals surface area contributed by atoms with Crippen LogP contribution in [0, 0.1) is 0 Å². The van der Waals surface area contributed by atoms with Gasteiger partial charge in [0.25, 0.3) is 0 Å². The number of amides is 2. The molecule has 1 aliphatic carbocycles. The number of sulfonamides is 1. The Hall–Kier alpha value is -3.07. The predicted molar refractivity (Wildman–Crippen MR) is 146 cm³/mol. The summed E-state index contributed by atoms with van der Waals surface area (Å²) in [7, 11) is -1.91. The van der Waals surface area contributed by atoms with Crippen molar-refractivity contribution >= 4 is 27.5 Å². The Balaban J connectivity index is 1.74. The standard InChI is InChI=1S/C28H39N3O5S/c1-4-26(28(33)29-23-11-8-9-12-23)30(21-22-16-18-25(36-2)19-17-22)27(32)15-10-20-31(37(3,34)35)24-13-6-5-7-14-24/h5-7,13-14,16-19,23,26H,4,8-12,15,20-21H2,1-3H3,(H,29,33). The van der Waals surface area contributed by atoms with Crippen LogP contribution in [0.25, 0.3) is 0 Å². The zero-order chi connectivity index (χ0) is 26.8. The Kier molecular flexibility index (Phi) is 10.4. The molecule has 1 saturated carbocycles. The topological polar surface area (TPSA) is 96.0 Å². The molecule has 3 rings (SSSR count). The number of benzene rings is 2. The number of carbonyl (C=O) groups excluding carboxylic acids is 2. The highest BCUT2D eigenvalue weighted by Gasteiger charge is 2.30. The predicted octanol–water partition coefficient (Wildman–Crippen LogP) is 4.11. The minimum atomic E-state index is -3.51. The van der Waals surface area contributed by atoms with E-state index in [4.69, 9.17) is 4.74 Å². The monoisotopic (exact) mass is 529 g/mol. The Morgan fingerprint density at radius 1 is 1.05 bits per heavy atom. The molecule has 0 bridgehead atoms. The lowest BCUT2D eigenvalue weighted by atomic mass is 10.1. The summed E-state index contributed by atoms with van der Waals surface area (Å²) in [6.45, 7) is 2.37. The van der Waals surface area contributed by atoms with Gasteiger partial charge in [0.2, 0.25) is 21.8 Å². The number of nitrogens with zero attached hydrogens (tertiary/aromatic N) is 2. The Labute approximate surface area is 221 Å². The lowest BCUT2D eigenvalue weighted by Gasteiger charge is -2.32. The smallest absolute Gasteiger partial charge is 0.243 e. The Morgan fingerprint density at radius 3 is 2.27 bits per heavy atom. The van der Waals surface area contributed by atoms with Crippen LogP contribution in [0.15, 0.2) is 54.6 Å². The molecule has 0 heterocycles. The number of para-hydroxylation sites is 1. The fraction of sp³-hybridized carbons (Fsp3) is 0.500. The normalized spacial score (nSPS) is 14.7. The van der Waals surface area contributed by atoms with Crippen molar-refractivity contribution in [3.05, 3.63) is 60.2 Å². The van der Waals surface area contributed by atoms with Crippen molar-refractivity contribution in [2.45, 2.75) is 70.5 Å². The van der Waals surface area contributed by atoms with Gasteiger partial charge in [-0.25, -0.2) is 8.42 Å². The molecule has 0 spiro atoms. The number of hydrogen-bond acceptors (Lipinski definition) is 5. The first-order chi connectivity index (χ1) is 17.7. The second-order valence-electron chi connectivity index (χ2n) is 9.56. The number of methoxy groups -OCH3 is 1. The number of anilines is 1. The molecular formula is C28H39N3O5S. The molecule has 1 fully saturated rings. The summed E-state index contributed by atoms with van der Waals surface area (Å²) in [6, 6.07) is 15.9. The number of nitrogens with one attached hydrogen (secondary N) is 1. The number of carbonyl (C=O) groups is 2. The van der Waals surface area contributed by atoms with Crippen LogP contribution in [0.3, 0.4) is 0 Å². The largest absolute Gasteiger partial charge is 0.497 e. The van der Waals surface area contributed by atoms with Crippen LogP contribution in [-0.4, -0.2) is 57.1 Å². The average molecular weight is 530 g/mol. The van der Waals surface area contributed by atoms with Gasteiger partial charge in [-0.05, 0) is 55.5 Å². The van der Waals surface area contributed by atoms with Crippen molar-refractivity contribution in [2.75, 3.05) is 24.2 Å². The van der Waals surface area contributed by atoms with Crippen molar-refractivity contribution < 1.29 is 22.7 Å². The number of ether oxygens (including phenoxy) is 1. The zero-order valence-electron chi connectivity index (χ0n) is 22.1. The summed E-state index contributed by atoms with van der Waals surface area (Å²) in [4.78, 5) is 28.4. The third kappa shape index (κ3) is 8.21. The highest BCUT2D eigenvalue weighted by Crippen LogP contribution is 2.22. The van der Waals surface area contributed by atoms with Crippen LogP contribution < -0.4 is 14.4 Å². The van der Waals surface area contributed by atoms with Gasteiger partial charge in [0.15, 0.2) is 0 Å². The first-order valence-corrected chi connectivity index (χ1v) is 14.8. The summed E-state index contributed by atoms with van der Waals surface area (Å²) in [6.07, 6.45) is 6.26. The van der Waals surface area contributed by atoms with Crippen LogP contribution in [0.1, 0.15) is 57.4 Å². The van der Waals surface area contributed by atoms with E-state index in [2.05, 4.69) is 5.32 Å². The highest BCUT2D eigenvalue weighted by molar-refractivity contribution is 7.92. The first kappa shape index (κ1) is 28.5. The summed E-state index contributed by atoms with van der Waals surface area (Å²) in [5, 5.41) is 3.14. The summed E-state index contributed by atoms with van der Waals surface area (Å²) in [5.74, 6) is 0.415. The lowest BCUT2D eigenvalue weighted by molar-refractivity contribution is -0.141. The second kappa shape index (κ2) is 13.5. The van der Waals surface area contributed by atoms with Crippen LogP contribution in [-0.2, 0) is 26.2 Å². The van der Waals surface area contributed by atoms with Gasteiger partial charge < -0.3 is 15.0 Å². The molecule has 2 amide bonds. The third-order valence-corrected chi connectivity index (χ3v) is 7.99. The van der Waals surface area contributed by atoms with Gasteiger partial charge in [-0.1, -0.05) is 50.1 Å². The number of rotatable bonds is 13. The zero-order valence-corrected chi connectivity index (χ0v) is 22.9. The molecule has 1 N–H and O–H groups in total. The van der Waals surface area contributed by atoms with Crippen LogP contribution in [0.4, 0.5) is 5.69 Å². The highest BCUT2D eigenvalue weighted by atomic mass is 32.2. The van der Waals surface area contributed by atoms with Crippen LogP contribution >= 0.6 is 0 Å². The lowest BCUT2D eigenvalue weighted by Crippen LogP contribution is -2.51. The molecule has 0 radical (unpaired) electrons. The molecule has 2 aromatic carbocycles. The van der Waals surface area contributed by atoms with E-state index >= 15 is 0 Å². The molecule has 2 aromatic rings. The Morgan fingerprint density at radius 2 is 1.70 bits per heavy atom. The van der Waals surface area contributed by atoms with Crippen molar-refractivity contribution in [2.24, 2.45) is 0 Å². The van der Waals surface area contributed by atoms with Crippen molar-refractivity contribution in [1.29, 1.82) is 0 Å². The summed E-state index contributed by atoms with van der Waals surface area (Å²) >= 11 is 0. The van der Waals surface area contributed by atoms with E-state index in [9.17, 15) is 18.0 Å². The van der Waals surface area contributed by atoms with E-state index < -0.39 is 16.1 Å². The molecule has 37 heavy (non-hydrogen) atoms. The van der Waals surface area contributed by atoms with Gasteiger partial charge in [0.05, 0.1) is 19.1 Å². The molecule has 0 saturated heterocycles. The van der Waals surface area contributed by atoms with Gasteiger partial charge in [0, 0.05) is 25.6 Å². The van der Waals surface area contributed by atoms with E-state index in [-0.39, 0.29) is 37.4 Å². The van der Waals surface area contributed by atoms with E-state index in [1.807, 2.05) is 37.3 Å². The van der Waals surface area contributed by atoms with E-state index in [0.29, 0.717) is 18.5 Å². The van der Waals surface area contributed by atoms with Crippen LogP contribution in [0.2, 0.25) is 0 Å². The SMILES string of the molecule is CCC(C(=O)NC1CCCC1)N(Cc1ccc(OC)cc1)C(=O)CCCN(c1ccccc1)S(C)(=O)=O. The molecule has 0 aliphatic heterocycles. The van der Waals surface area contributed by atoms with Crippen molar-refractivity contribution in [3.63, 3.8) is 0 Å². The number of hydrogen-bond donors (Lipinski definition) is 1. The molecule has 9 heteroatoms. The molecule has 202 valence electrons. The molecule has 1 unspecified atom stereocenters. The van der Waals surface area contributed by atoms with Gasteiger partial charge in [-0.3, -0.25) is 13.9 Å². The fourth-order valence-corrected chi connectivity index (χ4v) is 5.78. The van der Waals surface area contributed by atoms with E-state index in [1.54, 1.807) is 36.3 Å². The molecule has 0 aromatic heterocycles. The van der Waals surface area contributed by atoms with Crippen molar-refractivity contribution in [3.8, 4) is 5.75 Å². The quantitative estimate of drug-likeness (QED) is 0.421. The van der Waals surface area contributed by atoms with Gasteiger partial charge >= 0.3 is 0 Å². The molecule has 1 atom stereocenters. The summed E-state index contributed by atoms with van der Waals surface area (Å²) < 4.78 is 31.4. The minimum Gasteiger partial charge on any atom is -0.497 e. The maximum Gasteiger partial charge on any atom is 0.243 e. The first-order valence-electron chi connectivity index (χ1n) is 13.0. The fourth-order valence-electron chi connectivity index (χ4n) is 4.81. The molecular weight excluding hydrogens is 490 g/mol.